The van der Waals surface area contributed by atoms with E-state index in [1.807, 2.05) is 0 Å². The van der Waals surface area contributed by atoms with Crippen molar-refractivity contribution in [2.45, 2.75) is 39.2 Å². The number of carbonyl (C=O) groups is 1. The van der Waals surface area contributed by atoms with Crippen LogP contribution in [0.2, 0.25) is 0 Å². The highest BCUT2D eigenvalue weighted by atomic mass is 16.1. The summed E-state index contributed by atoms with van der Waals surface area (Å²) in [5, 5.41) is 6.31. The van der Waals surface area contributed by atoms with Crippen molar-refractivity contribution >= 4 is 5.91 Å². The third-order valence-electron chi connectivity index (χ3n) is 2.30. The first-order valence-electron chi connectivity index (χ1n) is 5.18. The first kappa shape index (κ1) is 10.5. The van der Waals surface area contributed by atoms with E-state index in [-0.39, 0.29) is 5.91 Å². The van der Waals surface area contributed by atoms with Crippen LogP contribution >= 0.6 is 0 Å². The third-order valence-corrected chi connectivity index (χ3v) is 2.30. The molecule has 0 bridgehead atoms. The molecule has 1 amide bonds. The molecule has 1 atom stereocenters. The zero-order valence-electron chi connectivity index (χ0n) is 8.60. The topological polar surface area (TPSA) is 41.1 Å². The summed E-state index contributed by atoms with van der Waals surface area (Å²) in [6.45, 7) is 6.23. The Labute approximate surface area is 80.3 Å². The van der Waals surface area contributed by atoms with Crippen LogP contribution < -0.4 is 10.6 Å². The highest BCUT2D eigenvalue weighted by Crippen LogP contribution is 2.06. The van der Waals surface area contributed by atoms with Crippen LogP contribution in [-0.4, -0.2) is 25.0 Å². The second kappa shape index (κ2) is 5.22. The van der Waals surface area contributed by atoms with Crippen molar-refractivity contribution in [2.24, 2.45) is 5.92 Å². The van der Waals surface area contributed by atoms with Crippen molar-refractivity contribution in [3.63, 3.8) is 0 Å². The smallest absolute Gasteiger partial charge is 0.221 e. The van der Waals surface area contributed by atoms with E-state index in [1.165, 1.54) is 0 Å². The fraction of sp³-hybridized carbons (Fsp3) is 0.900. The van der Waals surface area contributed by atoms with Gasteiger partial charge < -0.3 is 10.6 Å². The van der Waals surface area contributed by atoms with Gasteiger partial charge in [0.2, 0.25) is 5.91 Å². The van der Waals surface area contributed by atoms with Gasteiger partial charge in [-0.05, 0) is 25.3 Å². The summed E-state index contributed by atoms with van der Waals surface area (Å²) in [4.78, 5) is 11.2. The lowest BCUT2D eigenvalue weighted by atomic mass is 10.1. The molecular formula is C10H20N2O. The van der Waals surface area contributed by atoms with Gasteiger partial charge in [-0.1, -0.05) is 13.8 Å². The van der Waals surface area contributed by atoms with Gasteiger partial charge >= 0.3 is 0 Å². The molecule has 3 nitrogen and oxygen atoms in total. The molecule has 0 aromatic carbocycles. The van der Waals surface area contributed by atoms with Gasteiger partial charge in [0.05, 0.1) is 0 Å². The molecule has 1 fully saturated rings. The fourth-order valence-electron chi connectivity index (χ4n) is 1.55. The van der Waals surface area contributed by atoms with Gasteiger partial charge in [0.15, 0.2) is 0 Å². The van der Waals surface area contributed by atoms with Gasteiger partial charge in [0.1, 0.15) is 0 Å². The molecule has 0 spiro atoms. The summed E-state index contributed by atoms with van der Waals surface area (Å²) < 4.78 is 0. The quantitative estimate of drug-likeness (QED) is 0.684. The summed E-state index contributed by atoms with van der Waals surface area (Å²) in [5.74, 6) is 0.852. The lowest BCUT2D eigenvalue weighted by Crippen LogP contribution is -2.34. The van der Waals surface area contributed by atoms with Crippen molar-refractivity contribution in [1.82, 2.24) is 10.6 Å². The number of nitrogens with one attached hydrogen (secondary N) is 2. The van der Waals surface area contributed by atoms with Crippen molar-refractivity contribution in [1.29, 1.82) is 0 Å². The largest absolute Gasteiger partial charge is 0.356 e. The summed E-state index contributed by atoms with van der Waals surface area (Å²) in [6.07, 6.45) is 2.86. The van der Waals surface area contributed by atoms with Gasteiger partial charge in [-0.3, -0.25) is 4.79 Å². The first-order valence-corrected chi connectivity index (χ1v) is 5.18. The van der Waals surface area contributed by atoms with Gasteiger partial charge in [-0.15, -0.1) is 0 Å². The van der Waals surface area contributed by atoms with Gasteiger partial charge in [-0.2, -0.15) is 0 Å². The monoisotopic (exact) mass is 184 g/mol. The van der Waals surface area contributed by atoms with Crippen molar-refractivity contribution in [3.05, 3.63) is 0 Å². The first-order chi connectivity index (χ1) is 6.18. The van der Waals surface area contributed by atoms with Crippen LogP contribution in [0.3, 0.4) is 0 Å². The zero-order valence-corrected chi connectivity index (χ0v) is 8.60. The molecule has 0 radical (unpaired) electrons. The number of hydrogen-bond donors (Lipinski definition) is 2. The summed E-state index contributed by atoms with van der Waals surface area (Å²) >= 11 is 0. The van der Waals surface area contributed by atoms with E-state index in [0.29, 0.717) is 18.4 Å². The van der Waals surface area contributed by atoms with Crippen LogP contribution in [-0.2, 0) is 4.79 Å². The lowest BCUT2D eigenvalue weighted by Gasteiger charge is -2.16. The molecule has 1 saturated heterocycles. The Balaban J connectivity index is 2.26. The molecule has 1 unspecified atom stereocenters. The van der Waals surface area contributed by atoms with Gasteiger partial charge in [-0.25, -0.2) is 0 Å². The number of amides is 1. The minimum atomic E-state index is 0.193. The second-order valence-corrected chi connectivity index (χ2v) is 4.20. The van der Waals surface area contributed by atoms with Crippen LogP contribution in [0, 0.1) is 5.92 Å². The molecule has 0 aromatic rings. The molecule has 2 N–H and O–H groups in total. The van der Waals surface area contributed by atoms with E-state index in [1.54, 1.807) is 0 Å². The third kappa shape index (κ3) is 4.27. The van der Waals surface area contributed by atoms with Crippen LogP contribution in [0.25, 0.3) is 0 Å². The second-order valence-electron chi connectivity index (χ2n) is 4.20. The summed E-state index contributed by atoms with van der Waals surface area (Å²) in [7, 11) is 0. The molecule has 1 aliphatic heterocycles. The Kier molecular flexibility index (Phi) is 4.22. The maximum Gasteiger partial charge on any atom is 0.221 e. The fourth-order valence-corrected chi connectivity index (χ4v) is 1.55. The molecule has 1 heterocycles. The van der Waals surface area contributed by atoms with E-state index in [0.717, 1.165) is 25.9 Å². The highest BCUT2D eigenvalue weighted by molar-refractivity contribution is 5.76. The van der Waals surface area contributed by atoms with E-state index in [9.17, 15) is 4.79 Å². The SMILES string of the molecule is CC(C)CNC1CCCNC(=O)C1. The summed E-state index contributed by atoms with van der Waals surface area (Å²) in [6, 6.07) is 0.393. The molecule has 1 rings (SSSR count). The Bertz CT molecular complexity index is 168. The number of carbonyl (C=O) groups excluding carboxylic acids is 1. The molecule has 0 aromatic heterocycles. The number of rotatable bonds is 3. The normalized spacial score (nSPS) is 24.2. The molecule has 13 heavy (non-hydrogen) atoms. The van der Waals surface area contributed by atoms with E-state index in [2.05, 4.69) is 24.5 Å². The van der Waals surface area contributed by atoms with Crippen molar-refractivity contribution < 1.29 is 4.79 Å². The minimum Gasteiger partial charge on any atom is -0.356 e. The van der Waals surface area contributed by atoms with E-state index < -0.39 is 0 Å². The molecule has 0 aliphatic carbocycles. The lowest BCUT2D eigenvalue weighted by molar-refractivity contribution is -0.121. The average Bonchev–Trinajstić information content (AvgIpc) is 2.26. The van der Waals surface area contributed by atoms with Gasteiger partial charge in [0.25, 0.3) is 0 Å². The highest BCUT2D eigenvalue weighted by Gasteiger charge is 2.16. The summed E-state index contributed by atoms with van der Waals surface area (Å²) in [5.41, 5.74) is 0. The standard InChI is InChI=1S/C10H20N2O/c1-8(2)7-12-9-4-3-5-11-10(13)6-9/h8-9,12H,3-7H2,1-2H3,(H,11,13). The Hall–Kier alpha value is -0.570. The molecule has 76 valence electrons. The Morgan fingerprint density at radius 3 is 3.08 bits per heavy atom. The predicted molar refractivity (Wildman–Crippen MR) is 53.5 cm³/mol. The maximum atomic E-state index is 11.2. The van der Waals surface area contributed by atoms with Crippen molar-refractivity contribution in [2.75, 3.05) is 13.1 Å². The molecule has 1 aliphatic rings. The van der Waals surface area contributed by atoms with Crippen LogP contribution in [0.4, 0.5) is 0 Å². The molecular weight excluding hydrogens is 164 g/mol. The molecule has 3 heteroatoms. The minimum absolute atomic E-state index is 0.193. The van der Waals surface area contributed by atoms with Crippen LogP contribution in [0.5, 0.6) is 0 Å². The van der Waals surface area contributed by atoms with Crippen molar-refractivity contribution in [3.8, 4) is 0 Å². The Morgan fingerprint density at radius 2 is 2.38 bits per heavy atom. The zero-order chi connectivity index (χ0) is 9.68. The van der Waals surface area contributed by atoms with E-state index in [4.69, 9.17) is 0 Å². The predicted octanol–water partition coefficient (Wildman–Crippen LogP) is 0.901. The molecule has 0 saturated carbocycles. The average molecular weight is 184 g/mol. The Morgan fingerprint density at radius 1 is 1.62 bits per heavy atom. The van der Waals surface area contributed by atoms with Crippen LogP contribution in [0.15, 0.2) is 0 Å². The maximum absolute atomic E-state index is 11.2. The van der Waals surface area contributed by atoms with E-state index >= 15 is 0 Å². The van der Waals surface area contributed by atoms with Crippen LogP contribution in [0.1, 0.15) is 33.1 Å². The van der Waals surface area contributed by atoms with Gasteiger partial charge in [0, 0.05) is 19.0 Å². The number of hydrogen-bond acceptors (Lipinski definition) is 2.